The average molecular weight is 425 g/mol. The van der Waals surface area contributed by atoms with Gasteiger partial charge in [-0.25, -0.2) is 9.37 Å². The highest BCUT2D eigenvalue weighted by atomic mass is 32.2. The lowest BCUT2D eigenvalue weighted by molar-refractivity contribution is -0.118. The average Bonchev–Trinajstić information content (AvgIpc) is 3.24. The minimum atomic E-state index is -0.417. The zero-order valence-corrected chi connectivity index (χ0v) is 17.6. The molecule has 1 heterocycles. The predicted molar refractivity (Wildman–Crippen MR) is 123 cm³/mol. The van der Waals surface area contributed by atoms with Gasteiger partial charge in [0.15, 0.2) is 0 Å². The number of allylic oxidation sites excluding steroid dienone is 1. The van der Waals surface area contributed by atoms with Crippen LogP contribution >= 0.6 is 11.8 Å². The molecule has 156 valence electrons. The van der Waals surface area contributed by atoms with Crippen molar-refractivity contribution in [2.75, 3.05) is 17.3 Å². The van der Waals surface area contributed by atoms with Crippen LogP contribution in [0.1, 0.15) is 17.5 Å². The summed E-state index contributed by atoms with van der Waals surface area (Å²) in [6.45, 7) is 0.598. The Morgan fingerprint density at radius 2 is 2.10 bits per heavy atom. The number of carbonyl (C=O) groups is 1. The molecule has 0 unspecified atom stereocenters. The molecule has 0 aliphatic rings. The number of halogens is 1. The molecule has 3 rings (SSSR count). The Balaban J connectivity index is 1.87. The number of carbonyl (C=O) groups excluding carboxylic acids is 1. The summed E-state index contributed by atoms with van der Waals surface area (Å²) in [5, 5.41) is 3.24. The van der Waals surface area contributed by atoms with Gasteiger partial charge < -0.3 is 15.6 Å². The molecule has 5 nitrogen and oxygen atoms in total. The lowest BCUT2D eigenvalue weighted by Crippen LogP contribution is -2.35. The summed E-state index contributed by atoms with van der Waals surface area (Å²) in [7, 11) is 0. The van der Waals surface area contributed by atoms with Crippen molar-refractivity contribution < 1.29 is 9.18 Å². The van der Waals surface area contributed by atoms with Crippen molar-refractivity contribution in [3.8, 4) is 0 Å². The number of nitrogens with two attached hydrogens (primary N) is 1. The van der Waals surface area contributed by atoms with Crippen LogP contribution in [0, 0.1) is 5.82 Å². The number of nitrogens with one attached hydrogen (secondary N) is 1. The summed E-state index contributed by atoms with van der Waals surface area (Å²) in [5.41, 5.74) is 9.28. The number of benzene rings is 2. The number of primary amides is 1. The van der Waals surface area contributed by atoms with Gasteiger partial charge in [0.25, 0.3) is 0 Å². The van der Waals surface area contributed by atoms with E-state index < -0.39 is 6.04 Å². The first kappa shape index (κ1) is 21.6. The van der Waals surface area contributed by atoms with Gasteiger partial charge in [0, 0.05) is 24.6 Å². The highest BCUT2D eigenvalue weighted by molar-refractivity contribution is 7.98. The number of hydrogen-bond acceptors (Lipinski definition) is 4. The van der Waals surface area contributed by atoms with E-state index in [9.17, 15) is 9.18 Å². The molecule has 2 aromatic carbocycles. The normalized spacial score (nSPS) is 12.5. The van der Waals surface area contributed by atoms with E-state index in [0.717, 1.165) is 28.1 Å². The van der Waals surface area contributed by atoms with Gasteiger partial charge in [-0.15, -0.1) is 0 Å². The van der Waals surface area contributed by atoms with Crippen molar-refractivity contribution in [3.05, 3.63) is 84.2 Å². The van der Waals surface area contributed by atoms with E-state index in [1.807, 2.05) is 41.3 Å². The van der Waals surface area contributed by atoms with Crippen LogP contribution in [-0.4, -0.2) is 33.5 Å². The van der Waals surface area contributed by atoms with Crippen LogP contribution in [0.2, 0.25) is 0 Å². The van der Waals surface area contributed by atoms with Gasteiger partial charge in [0.1, 0.15) is 11.9 Å². The number of imidazole rings is 1. The Hall–Kier alpha value is -3.06. The summed E-state index contributed by atoms with van der Waals surface area (Å²) >= 11 is 1.68. The lowest BCUT2D eigenvalue weighted by Gasteiger charge is -2.17. The van der Waals surface area contributed by atoms with Gasteiger partial charge in [0.2, 0.25) is 5.91 Å². The van der Waals surface area contributed by atoms with Crippen molar-refractivity contribution in [2.24, 2.45) is 5.73 Å². The fourth-order valence-corrected chi connectivity index (χ4v) is 3.57. The highest BCUT2D eigenvalue weighted by Crippen LogP contribution is 2.23. The molecule has 0 bridgehead atoms. The van der Waals surface area contributed by atoms with Crippen molar-refractivity contribution in [3.63, 3.8) is 0 Å². The SMILES string of the molecule is CSCC[C@H](Nc1cccc(/C=C(/Cn2ccnc2)c2ccc(F)cc2)c1)C(N)=O. The van der Waals surface area contributed by atoms with Crippen LogP contribution in [0.4, 0.5) is 10.1 Å². The smallest absolute Gasteiger partial charge is 0.239 e. The molecule has 30 heavy (non-hydrogen) atoms. The number of aromatic nitrogens is 2. The minimum Gasteiger partial charge on any atom is -0.374 e. The minimum absolute atomic E-state index is 0.269. The molecule has 1 atom stereocenters. The number of hydrogen-bond donors (Lipinski definition) is 2. The van der Waals surface area contributed by atoms with Crippen molar-refractivity contribution >= 4 is 35.0 Å². The van der Waals surface area contributed by atoms with E-state index in [0.29, 0.717) is 13.0 Å². The number of amides is 1. The van der Waals surface area contributed by atoms with Crippen LogP contribution in [-0.2, 0) is 11.3 Å². The number of nitrogens with zero attached hydrogens (tertiary/aromatic N) is 2. The van der Waals surface area contributed by atoms with E-state index in [-0.39, 0.29) is 11.7 Å². The fourth-order valence-electron chi connectivity index (χ4n) is 3.10. The summed E-state index contributed by atoms with van der Waals surface area (Å²) in [6.07, 6.45) is 10.1. The second kappa shape index (κ2) is 10.6. The van der Waals surface area contributed by atoms with Gasteiger partial charge in [-0.1, -0.05) is 24.3 Å². The molecule has 0 fully saturated rings. The molecule has 0 spiro atoms. The van der Waals surface area contributed by atoms with Crippen LogP contribution in [0.3, 0.4) is 0 Å². The topological polar surface area (TPSA) is 72.9 Å². The third-order valence-corrected chi connectivity index (χ3v) is 5.29. The molecular formula is C23H25FN4OS. The van der Waals surface area contributed by atoms with Gasteiger partial charge in [-0.05, 0) is 65.5 Å². The molecule has 1 aromatic heterocycles. The molecule has 3 aromatic rings. The Morgan fingerprint density at radius 3 is 2.77 bits per heavy atom. The maximum atomic E-state index is 13.4. The molecule has 0 aliphatic heterocycles. The second-order valence-corrected chi connectivity index (χ2v) is 7.90. The maximum absolute atomic E-state index is 13.4. The van der Waals surface area contributed by atoms with Crippen molar-refractivity contribution in [2.45, 2.75) is 19.0 Å². The standard InChI is InChI=1S/C23H25FN4OS/c1-30-12-9-22(23(25)29)27-21-4-2-3-17(14-21)13-19(15-28-11-10-26-16-28)18-5-7-20(24)8-6-18/h2-8,10-11,13-14,16,22,27H,9,12,15H2,1H3,(H2,25,29)/b19-13-/t22-/m0/s1. The fraction of sp³-hybridized carbons (Fsp3) is 0.217. The largest absolute Gasteiger partial charge is 0.374 e. The van der Waals surface area contributed by atoms with Crippen LogP contribution in [0.15, 0.2) is 67.3 Å². The summed E-state index contributed by atoms with van der Waals surface area (Å²) in [4.78, 5) is 15.9. The Kier molecular flexibility index (Phi) is 7.68. The predicted octanol–water partition coefficient (Wildman–Crippen LogP) is 4.28. The lowest BCUT2D eigenvalue weighted by atomic mass is 10.0. The molecule has 0 saturated heterocycles. The third-order valence-electron chi connectivity index (χ3n) is 4.65. The highest BCUT2D eigenvalue weighted by Gasteiger charge is 2.14. The third kappa shape index (κ3) is 6.22. The van der Waals surface area contributed by atoms with Crippen molar-refractivity contribution in [1.29, 1.82) is 0 Å². The first-order valence-electron chi connectivity index (χ1n) is 9.62. The number of rotatable bonds is 10. The van der Waals surface area contributed by atoms with Crippen LogP contribution < -0.4 is 11.1 Å². The maximum Gasteiger partial charge on any atom is 0.239 e. The second-order valence-electron chi connectivity index (χ2n) is 6.92. The van der Waals surface area contributed by atoms with Gasteiger partial charge >= 0.3 is 0 Å². The quantitative estimate of drug-likeness (QED) is 0.477. The first-order valence-corrected chi connectivity index (χ1v) is 11.0. The molecule has 3 N–H and O–H groups in total. The molecule has 0 radical (unpaired) electrons. The van der Waals surface area contributed by atoms with E-state index in [4.69, 9.17) is 5.73 Å². The summed E-state index contributed by atoms with van der Waals surface area (Å²) in [5.74, 6) is 0.214. The molecule has 1 amide bonds. The van der Waals surface area contributed by atoms with Gasteiger partial charge in [-0.2, -0.15) is 11.8 Å². The van der Waals surface area contributed by atoms with E-state index in [1.165, 1.54) is 12.1 Å². The Morgan fingerprint density at radius 1 is 1.30 bits per heavy atom. The van der Waals surface area contributed by atoms with Gasteiger partial charge in [0.05, 0.1) is 6.33 Å². The Labute approximate surface area is 180 Å². The van der Waals surface area contributed by atoms with E-state index >= 15 is 0 Å². The molecular weight excluding hydrogens is 399 g/mol. The first-order chi connectivity index (χ1) is 14.5. The summed E-state index contributed by atoms with van der Waals surface area (Å²) in [6, 6.07) is 13.9. The number of thioether (sulfide) groups is 1. The number of anilines is 1. The zero-order chi connectivity index (χ0) is 21.3. The van der Waals surface area contributed by atoms with E-state index in [1.54, 1.807) is 36.4 Å². The molecule has 7 heteroatoms. The Bertz CT molecular complexity index is 987. The summed E-state index contributed by atoms with van der Waals surface area (Å²) < 4.78 is 15.4. The van der Waals surface area contributed by atoms with Crippen LogP contribution in [0.25, 0.3) is 11.6 Å². The van der Waals surface area contributed by atoms with E-state index in [2.05, 4.69) is 16.4 Å². The molecule has 0 saturated carbocycles. The zero-order valence-electron chi connectivity index (χ0n) is 16.8. The van der Waals surface area contributed by atoms with Gasteiger partial charge in [-0.3, -0.25) is 4.79 Å². The monoisotopic (exact) mass is 424 g/mol. The molecule has 0 aliphatic carbocycles. The van der Waals surface area contributed by atoms with Crippen LogP contribution in [0.5, 0.6) is 0 Å². The van der Waals surface area contributed by atoms with Crippen molar-refractivity contribution in [1.82, 2.24) is 9.55 Å².